The maximum atomic E-state index is 4.43. The molecule has 0 spiro atoms. The van der Waals surface area contributed by atoms with Gasteiger partial charge in [0.25, 0.3) is 0 Å². The zero-order valence-corrected chi connectivity index (χ0v) is 10.4. The molecule has 2 heterocycles. The van der Waals surface area contributed by atoms with Crippen molar-refractivity contribution in [1.82, 2.24) is 25.1 Å². The Balaban J connectivity index is 1.90. The zero-order valence-electron chi connectivity index (χ0n) is 10.4. The molecule has 0 saturated carbocycles. The predicted octanol–water partition coefficient (Wildman–Crippen LogP) is 1.12. The standard InChI is InChI=1S/C12H17N5/c1-9-5-4-6-11(14-9)7-13-8-12-16-15-10(2)17(12)3/h4-6,13H,7-8H2,1-3H3. The van der Waals surface area contributed by atoms with Crippen molar-refractivity contribution in [1.29, 1.82) is 0 Å². The highest BCUT2D eigenvalue weighted by atomic mass is 15.3. The van der Waals surface area contributed by atoms with Gasteiger partial charge in [0.1, 0.15) is 11.6 Å². The van der Waals surface area contributed by atoms with Crippen LogP contribution in [0.15, 0.2) is 18.2 Å². The van der Waals surface area contributed by atoms with Crippen LogP contribution in [0.1, 0.15) is 23.0 Å². The molecule has 90 valence electrons. The SMILES string of the molecule is Cc1cccc(CNCc2nnc(C)n2C)n1. The first-order valence-corrected chi connectivity index (χ1v) is 5.65. The monoisotopic (exact) mass is 231 g/mol. The van der Waals surface area contributed by atoms with Crippen LogP contribution in [0.3, 0.4) is 0 Å². The molecular formula is C12H17N5. The van der Waals surface area contributed by atoms with Gasteiger partial charge in [0.05, 0.1) is 12.2 Å². The third-order valence-corrected chi connectivity index (χ3v) is 2.72. The average Bonchev–Trinajstić information content (AvgIpc) is 2.61. The van der Waals surface area contributed by atoms with Crippen LogP contribution in [0.5, 0.6) is 0 Å². The highest BCUT2D eigenvalue weighted by molar-refractivity contribution is 5.09. The number of rotatable bonds is 4. The van der Waals surface area contributed by atoms with Crippen molar-refractivity contribution in [3.63, 3.8) is 0 Å². The average molecular weight is 231 g/mol. The smallest absolute Gasteiger partial charge is 0.146 e. The fourth-order valence-corrected chi connectivity index (χ4v) is 1.61. The van der Waals surface area contributed by atoms with Crippen molar-refractivity contribution in [3.8, 4) is 0 Å². The third-order valence-electron chi connectivity index (χ3n) is 2.72. The van der Waals surface area contributed by atoms with Crippen LogP contribution in [-0.4, -0.2) is 19.7 Å². The van der Waals surface area contributed by atoms with E-state index in [2.05, 4.69) is 20.5 Å². The molecule has 0 atom stereocenters. The van der Waals surface area contributed by atoms with Crippen molar-refractivity contribution < 1.29 is 0 Å². The summed E-state index contributed by atoms with van der Waals surface area (Å²) in [5, 5.41) is 11.4. The summed E-state index contributed by atoms with van der Waals surface area (Å²) < 4.78 is 1.98. The first kappa shape index (κ1) is 11.7. The predicted molar refractivity (Wildman–Crippen MR) is 65.3 cm³/mol. The largest absolute Gasteiger partial charge is 0.317 e. The van der Waals surface area contributed by atoms with Gasteiger partial charge in [0.2, 0.25) is 0 Å². The van der Waals surface area contributed by atoms with Crippen molar-refractivity contribution in [2.45, 2.75) is 26.9 Å². The van der Waals surface area contributed by atoms with Crippen LogP contribution < -0.4 is 5.32 Å². The van der Waals surface area contributed by atoms with Crippen molar-refractivity contribution >= 4 is 0 Å². The van der Waals surface area contributed by atoms with E-state index in [0.717, 1.165) is 29.6 Å². The molecule has 2 aromatic rings. The first-order chi connectivity index (χ1) is 8.16. The Hall–Kier alpha value is -1.75. The summed E-state index contributed by atoms with van der Waals surface area (Å²) in [4.78, 5) is 4.43. The van der Waals surface area contributed by atoms with Crippen LogP contribution in [-0.2, 0) is 20.1 Å². The highest BCUT2D eigenvalue weighted by Crippen LogP contribution is 2.00. The molecule has 0 aromatic carbocycles. The first-order valence-electron chi connectivity index (χ1n) is 5.65. The van der Waals surface area contributed by atoms with Crippen LogP contribution in [0.4, 0.5) is 0 Å². The number of nitrogens with one attached hydrogen (secondary N) is 1. The second kappa shape index (κ2) is 5.05. The Labute approximate surface area is 101 Å². The molecule has 5 heteroatoms. The number of aryl methyl sites for hydroxylation is 2. The maximum absolute atomic E-state index is 4.43. The van der Waals surface area contributed by atoms with Gasteiger partial charge in [-0.2, -0.15) is 0 Å². The second-order valence-electron chi connectivity index (χ2n) is 4.10. The lowest BCUT2D eigenvalue weighted by Gasteiger charge is -2.05. The summed E-state index contributed by atoms with van der Waals surface area (Å²) >= 11 is 0. The molecule has 0 aliphatic rings. The summed E-state index contributed by atoms with van der Waals surface area (Å²) in [6, 6.07) is 6.03. The minimum atomic E-state index is 0.701. The zero-order chi connectivity index (χ0) is 12.3. The Morgan fingerprint density at radius 1 is 1.18 bits per heavy atom. The number of pyridine rings is 1. The van der Waals surface area contributed by atoms with Gasteiger partial charge in [-0.05, 0) is 26.0 Å². The molecule has 0 aliphatic heterocycles. The lowest BCUT2D eigenvalue weighted by Crippen LogP contribution is -2.16. The minimum Gasteiger partial charge on any atom is -0.317 e. The van der Waals surface area contributed by atoms with Gasteiger partial charge in [-0.25, -0.2) is 0 Å². The fourth-order valence-electron chi connectivity index (χ4n) is 1.61. The van der Waals surface area contributed by atoms with E-state index in [1.807, 2.05) is 43.7 Å². The third kappa shape index (κ3) is 2.88. The van der Waals surface area contributed by atoms with E-state index >= 15 is 0 Å². The van der Waals surface area contributed by atoms with Gasteiger partial charge < -0.3 is 9.88 Å². The summed E-state index contributed by atoms with van der Waals surface area (Å²) in [7, 11) is 1.97. The fraction of sp³-hybridized carbons (Fsp3) is 0.417. The molecule has 0 fully saturated rings. The van der Waals surface area contributed by atoms with E-state index in [1.54, 1.807) is 0 Å². The van der Waals surface area contributed by atoms with Gasteiger partial charge >= 0.3 is 0 Å². The van der Waals surface area contributed by atoms with Gasteiger partial charge in [-0.3, -0.25) is 4.98 Å². The Morgan fingerprint density at radius 3 is 2.65 bits per heavy atom. The molecule has 1 N–H and O–H groups in total. The molecule has 0 saturated heterocycles. The van der Waals surface area contributed by atoms with Crippen LogP contribution in [0, 0.1) is 13.8 Å². The van der Waals surface area contributed by atoms with E-state index in [1.165, 1.54) is 0 Å². The topological polar surface area (TPSA) is 55.6 Å². The van der Waals surface area contributed by atoms with Crippen LogP contribution >= 0.6 is 0 Å². The molecule has 2 aromatic heterocycles. The molecule has 0 amide bonds. The molecule has 0 bridgehead atoms. The van der Waals surface area contributed by atoms with Crippen LogP contribution in [0.25, 0.3) is 0 Å². The Bertz CT molecular complexity index is 503. The molecule has 0 radical (unpaired) electrons. The van der Waals surface area contributed by atoms with Gasteiger partial charge in [0, 0.05) is 19.3 Å². The highest BCUT2D eigenvalue weighted by Gasteiger charge is 2.03. The van der Waals surface area contributed by atoms with E-state index in [-0.39, 0.29) is 0 Å². The summed E-state index contributed by atoms with van der Waals surface area (Å²) in [5.41, 5.74) is 2.09. The second-order valence-corrected chi connectivity index (χ2v) is 4.10. The summed E-state index contributed by atoms with van der Waals surface area (Å²) in [5.74, 6) is 1.87. The van der Waals surface area contributed by atoms with Crippen LogP contribution in [0.2, 0.25) is 0 Å². The maximum Gasteiger partial charge on any atom is 0.146 e. The number of nitrogens with zero attached hydrogens (tertiary/aromatic N) is 4. The Morgan fingerprint density at radius 2 is 2.00 bits per heavy atom. The van der Waals surface area contributed by atoms with Crippen molar-refractivity contribution in [2.24, 2.45) is 7.05 Å². The van der Waals surface area contributed by atoms with Gasteiger partial charge in [-0.1, -0.05) is 6.07 Å². The van der Waals surface area contributed by atoms with Crippen molar-refractivity contribution in [3.05, 3.63) is 41.2 Å². The summed E-state index contributed by atoms with van der Waals surface area (Å²) in [6.07, 6.45) is 0. The molecule has 0 aliphatic carbocycles. The number of hydrogen-bond acceptors (Lipinski definition) is 4. The molecule has 0 unspecified atom stereocenters. The van der Waals surface area contributed by atoms with Crippen molar-refractivity contribution in [2.75, 3.05) is 0 Å². The lowest BCUT2D eigenvalue weighted by molar-refractivity contribution is 0.625. The summed E-state index contributed by atoms with van der Waals surface area (Å²) in [6.45, 7) is 5.38. The lowest BCUT2D eigenvalue weighted by atomic mass is 10.3. The van der Waals surface area contributed by atoms with E-state index in [0.29, 0.717) is 6.54 Å². The number of aromatic nitrogens is 4. The Kier molecular flexibility index (Phi) is 3.49. The molecule has 2 rings (SSSR count). The van der Waals surface area contributed by atoms with E-state index in [4.69, 9.17) is 0 Å². The molecular weight excluding hydrogens is 214 g/mol. The quantitative estimate of drug-likeness (QED) is 0.856. The van der Waals surface area contributed by atoms with E-state index in [9.17, 15) is 0 Å². The van der Waals surface area contributed by atoms with Gasteiger partial charge in [0.15, 0.2) is 0 Å². The number of hydrogen-bond donors (Lipinski definition) is 1. The molecule has 17 heavy (non-hydrogen) atoms. The minimum absolute atomic E-state index is 0.701. The molecule has 5 nitrogen and oxygen atoms in total. The van der Waals surface area contributed by atoms with E-state index < -0.39 is 0 Å². The van der Waals surface area contributed by atoms with Gasteiger partial charge in [-0.15, -0.1) is 10.2 Å². The normalized spacial score (nSPS) is 10.8.